The lowest BCUT2D eigenvalue weighted by Crippen LogP contribution is -2.05. The Morgan fingerprint density at radius 1 is 1.46 bits per heavy atom. The standard InChI is InChI=1S/C11H13NO/c1-3-4-10-5-7-11(8-6-10)12-9(2)13/h3,5-8H,1,4H2,2H3,(H,12,13). The summed E-state index contributed by atoms with van der Waals surface area (Å²) in [6.45, 7) is 5.15. The number of rotatable bonds is 3. The van der Waals surface area contributed by atoms with Crippen molar-refractivity contribution in [2.45, 2.75) is 13.3 Å². The van der Waals surface area contributed by atoms with Gasteiger partial charge in [-0.3, -0.25) is 4.79 Å². The molecule has 0 saturated heterocycles. The third kappa shape index (κ3) is 3.11. The fourth-order valence-corrected chi connectivity index (χ4v) is 1.09. The van der Waals surface area contributed by atoms with Crippen molar-refractivity contribution in [2.24, 2.45) is 0 Å². The summed E-state index contributed by atoms with van der Waals surface area (Å²) in [7, 11) is 0. The zero-order valence-corrected chi connectivity index (χ0v) is 7.71. The minimum atomic E-state index is -0.0449. The summed E-state index contributed by atoms with van der Waals surface area (Å²) in [5, 5.41) is 2.71. The molecule has 1 aromatic carbocycles. The van der Waals surface area contributed by atoms with E-state index in [-0.39, 0.29) is 5.91 Å². The van der Waals surface area contributed by atoms with E-state index in [4.69, 9.17) is 0 Å². The van der Waals surface area contributed by atoms with E-state index in [0.717, 1.165) is 12.1 Å². The number of hydrogen-bond acceptors (Lipinski definition) is 1. The Hall–Kier alpha value is -1.57. The fraction of sp³-hybridized carbons (Fsp3) is 0.182. The second-order valence-electron chi connectivity index (χ2n) is 2.87. The molecule has 0 fully saturated rings. The minimum absolute atomic E-state index is 0.0449. The summed E-state index contributed by atoms with van der Waals surface area (Å²) in [5.74, 6) is -0.0449. The molecule has 0 atom stereocenters. The maximum atomic E-state index is 10.7. The largest absolute Gasteiger partial charge is 0.326 e. The number of benzene rings is 1. The molecule has 1 N–H and O–H groups in total. The van der Waals surface area contributed by atoms with Gasteiger partial charge in [-0.05, 0) is 24.1 Å². The molecule has 0 aliphatic rings. The third-order valence-electron chi connectivity index (χ3n) is 1.65. The van der Waals surface area contributed by atoms with Gasteiger partial charge in [0.15, 0.2) is 0 Å². The van der Waals surface area contributed by atoms with Gasteiger partial charge in [0, 0.05) is 12.6 Å². The number of nitrogens with one attached hydrogen (secondary N) is 1. The first-order chi connectivity index (χ1) is 6.22. The van der Waals surface area contributed by atoms with Gasteiger partial charge >= 0.3 is 0 Å². The van der Waals surface area contributed by atoms with Gasteiger partial charge in [0.2, 0.25) is 5.91 Å². The zero-order valence-electron chi connectivity index (χ0n) is 7.71. The third-order valence-corrected chi connectivity index (χ3v) is 1.65. The maximum absolute atomic E-state index is 10.7. The van der Waals surface area contributed by atoms with E-state index in [1.54, 1.807) is 0 Å². The van der Waals surface area contributed by atoms with Crippen LogP contribution in [0.2, 0.25) is 0 Å². The van der Waals surface area contributed by atoms with Crippen LogP contribution in [0.25, 0.3) is 0 Å². The van der Waals surface area contributed by atoms with Crippen LogP contribution in [-0.4, -0.2) is 5.91 Å². The minimum Gasteiger partial charge on any atom is -0.326 e. The van der Waals surface area contributed by atoms with Crippen molar-refractivity contribution in [2.75, 3.05) is 5.32 Å². The summed E-state index contributed by atoms with van der Waals surface area (Å²) in [6.07, 6.45) is 2.72. The smallest absolute Gasteiger partial charge is 0.221 e. The van der Waals surface area contributed by atoms with Crippen molar-refractivity contribution in [3.8, 4) is 0 Å². The molecule has 13 heavy (non-hydrogen) atoms. The van der Waals surface area contributed by atoms with Crippen molar-refractivity contribution < 1.29 is 4.79 Å². The van der Waals surface area contributed by atoms with Crippen LogP contribution in [0.1, 0.15) is 12.5 Å². The van der Waals surface area contributed by atoms with Gasteiger partial charge in [-0.25, -0.2) is 0 Å². The Morgan fingerprint density at radius 3 is 2.54 bits per heavy atom. The molecule has 2 nitrogen and oxygen atoms in total. The fourth-order valence-electron chi connectivity index (χ4n) is 1.09. The van der Waals surface area contributed by atoms with Crippen molar-refractivity contribution in [1.29, 1.82) is 0 Å². The Balaban J connectivity index is 2.69. The van der Waals surface area contributed by atoms with Crippen LogP contribution in [0, 0.1) is 0 Å². The average Bonchev–Trinajstić information content (AvgIpc) is 2.08. The highest BCUT2D eigenvalue weighted by atomic mass is 16.1. The van der Waals surface area contributed by atoms with Crippen molar-refractivity contribution in [1.82, 2.24) is 0 Å². The first kappa shape index (κ1) is 9.52. The molecule has 1 amide bonds. The van der Waals surface area contributed by atoms with Gasteiger partial charge in [0.25, 0.3) is 0 Å². The molecule has 0 radical (unpaired) electrons. The highest BCUT2D eigenvalue weighted by Gasteiger charge is 1.94. The lowest BCUT2D eigenvalue weighted by Gasteiger charge is -2.02. The second kappa shape index (κ2) is 4.45. The van der Waals surface area contributed by atoms with Gasteiger partial charge in [-0.1, -0.05) is 18.2 Å². The molecular weight excluding hydrogens is 162 g/mol. The molecule has 0 aliphatic heterocycles. The molecule has 0 bridgehead atoms. The number of carbonyl (C=O) groups excluding carboxylic acids is 1. The highest BCUT2D eigenvalue weighted by molar-refractivity contribution is 5.88. The lowest BCUT2D eigenvalue weighted by atomic mass is 10.1. The molecule has 68 valence electrons. The van der Waals surface area contributed by atoms with Gasteiger partial charge in [-0.15, -0.1) is 6.58 Å². The van der Waals surface area contributed by atoms with E-state index < -0.39 is 0 Å². The molecule has 0 saturated carbocycles. The molecule has 1 rings (SSSR count). The normalized spacial score (nSPS) is 9.31. The van der Waals surface area contributed by atoms with Gasteiger partial charge in [0.1, 0.15) is 0 Å². The average molecular weight is 175 g/mol. The van der Waals surface area contributed by atoms with E-state index in [9.17, 15) is 4.79 Å². The van der Waals surface area contributed by atoms with Gasteiger partial charge in [-0.2, -0.15) is 0 Å². The van der Waals surface area contributed by atoms with Crippen LogP contribution in [0.5, 0.6) is 0 Å². The van der Waals surface area contributed by atoms with Gasteiger partial charge < -0.3 is 5.32 Å². The Bertz CT molecular complexity index is 300. The number of amides is 1. The summed E-state index contributed by atoms with van der Waals surface area (Å²) in [6, 6.07) is 7.74. The molecule has 0 spiro atoms. The van der Waals surface area contributed by atoms with E-state index in [0.29, 0.717) is 0 Å². The van der Waals surface area contributed by atoms with E-state index >= 15 is 0 Å². The SMILES string of the molecule is C=CCc1ccc(NC(C)=O)cc1. The van der Waals surface area contributed by atoms with Crippen LogP contribution >= 0.6 is 0 Å². The molecule has 2 heteroatoms. The molecule has 0 aromatic heterocycles. The predicted molar refractivity (Wildman–Crippen MR) is 54.6 cm³/mol. The monoisotopic (exact) mass is 175 g/mol. The molecule has 0 unspecified atom stereocenters. The molecular formula is C11H13NO. The predicted octanol–water partition coefficient (Wildman–Crippen LogP) is 2.37. The first-order valence-electron chi connectivity index (χ1n) is 4.20. The molecule has 1 aromatic rings. The van der Waals surface area contributed by atoms with Crippen molar-refractivity contribution in [3.05, 3.63) is 42.5 Å². The summed E-state index contributed by atoms with van der Waals surface area (Å²) in [5.41, 5.74) is 2.03. The summed E-state index contributed by atoms with van der Waals surface area (Å²) < 4.78 is 0. The van der Waals surface area contributed by atoms with Crippen LogP contribution < -0.4 is 5.32 Å². The van der Waals surface area contributed by atoms with Crippen LogP contribution in [0.15, 0.2) is 36.9 Å². The molecule has 0 aliphatic carbocycles. The number of anilines is 1. The Morgan fingerprint density at radius 2 is 2.08 bits per heavy atom. The topological polar surface area (TPSA) is 29.1 Å². The van der Waals surface area contributed by atoms with Crippen molar-refractivity contribution in [3.63, 3.8) is 0 Å². The number of allylic oxidation sites excluding steroid dienone is 1. The first-order valence-corrected chi connectivity index (χ1v) is 4.20. The Kier molecular flexibility index (Phi) is 3.26. The summed E-state index contributed by atoms with van der Waals surface area (Å²) >= 11 is 0. The van der Waals surface area contributed by atoms with E-state index in [1.165, 1.54) is 12.5 Å². The highest BCUT2D eigenvalue weighted by Crippen LogP contribution is 2.09. The van der Waals surface area contributed by atoms with Gasteiger partial charge in [0.05, 0.1) is 0 Å². The number of hydrogen-bond donors (Lipinski definition) is 1. The lowest BCUT2D eigenvalue weighted by molar-refractivity contribution is -0.114. The van der Waals surface area contributed by atoms with E-state index in [2.05, 4.69) is 11.9 Å². The zero-order chi connectivity index (χ0) is 9.68. The maximum Gasteiger partial charge on any atom is 0.221 e. The van der Waals surface area contributed by atoms with E-state index in [1.807, 2.05) is 30.3 Å². The Labute approximate surface area is 78.3 Å². The van der Waals surface area contributed by atoms with Crippen LogP contribution in [0.4, 0.5) is 5.69 Å². The summed E-state index contributed by atoms with van der Waals surface area (Å²) in [4.78, 5) is 10.7. The van der Waals surface area contributed by atoms with Crippen LogP contribution in [0.3, 0.4) is 0 Å². The van der Waals surface area contributed by atoms with Crippen LogP contribution in [-0.2, 0) is 11.2 Å². The molecule has 0 heterocycles. The quantitative estimate of drug-likeness (QED) is 0.702. The number of carbonyl (C=O) groups is 1. The van der Waals surface area contributed by atoms with Crippen molar-refractivity contribution >= 4 is 11.6 Å². The second-order valence-corrected chi connectivity index (χ2v) is 2.87.